The molecular formula is C29H35N5O5S. The second-order valence-corrected chi connectivity index (χ2v) is 12.1. The van der Waals surface area contributed by atoms with E-state index in [1.54, 1.807) is 29.2 Å². The van der Waals surface area contributed by atoms with E-state index in [4.69, 9.17) is 4.74 Å². The Morgan fingerprint density at radius 2 is 1.88 bits per heavy atom. The van der Waals surface area contributed by atoms with Crippen molar-refractivity contribution in [3.8, 4) is 5.75 Å². The molecule has 2 heterocycles. The number of carboxylic acids is 1. The van der Waals surface area contributed by atoms with Gasteiger partial charge in [-0.3, -0.25) is 13.9 Å². The van der Waals surface area contributed by atoms with Crippen LogP contribution in [-0.4, -0.2) is 66.2 Å². The molecule has 10 nitrogen and oxygen atoms in total. The highest BCUT2D eigenvalue weighted by molar-refractivity contribution is 8.22. The topological polar surface area (TPSA) is 124 Å². The number of hydrogen-bond donors (Lipinski definition) is 3. The third kappa shape index (κ3) is 5.13. The predicted molar refractivity (Wildman–Crippen MR) is 156 cm³/mol. The van der Waals surface area contributed by atoms with Gasteiger partial charge in [0.25, 0.3) is 0 Å². The number of fused-ring (bicyclic) bond motifs is 2. The molecule has 0 radical (unpaired) electrons. The summed E-state index contributed by atoms with van der Waals surface area (Å²) in [4.78, 5) is 14.7. The summed E-state index contributed by atoms with van der Waals surface area (Å²) in [6.45, 7) is 6.22. The highest BCUT2D eigenvalue weighted by Gasteiger charge is 2.33. The fraction of sp³-hybridized carbons (Fsp3) is 0.345. The summed E-state index contributed by atoms with van der Waals surface area (Å²) >= 11 is 0. The summed E-state index contributed by atoms with van der Waals surface area (Å²) < 4.78 is 32.0. The number of para-hydroxylation sites is 1. The van der Waals surface area contributed by atoms with E-state index in [2.05, 4.69) is 22.1 Å². The minimum absolute atomic E-state index is 0.130. The van der Waals surface area contributed by atoms with Gasteiger partial charge in [-0.15, -0.1) is 15.9 Å². The van der Waals surface area contributed by atoms with E-state index in [0.717, 1.165) is 40.0 Å². The Bertz CT molecular complexity index is 1560. The first-order valence-electron chi connectivity index (χ1n) is 13.2. The quantitative estimate of drug-likeness (QED) is 0.262. The van der Waals surface area contributed by atoms with Crippen molar-refractivity contribution in [2.75, 3.05) is 31.6 Å². The molecule has 0 amide bonds. The van der Waals surface area contributed by atoms with Gasteiger partial charge in [-0.25, -0.2) is 4.68 Å². The van der Waals surface area contributed by atoms with Gasteiger partial charge in [0.15, 0.2) is 0 Å². The number of hydrogen-bond acceptors (Lipinski definition) is 8. The van der Waals surface area contributed by atoms with E-state index in [1.165, 1.54) is 0 Å². The maximum atomic E-state index is 12.0. The average molecular weight is 566 g/mol. The molecule has 212 valence electrons. The van der Waals surface area contributed by atoms with E-state index >= 15 is 0 Å². The Balaban J connectivity index is 1.54. The lowest BCUT2D eigenvalue weighted by Gasteiger charge is -2.42. The fourth-order valence-electron chi connectivity index (χ4n) is 5.47. The SMILES string of the molecule is CCN1CCN(Cc2cc(C(CC(=O)O)c3cc(OC)c4c(c3)nnn4C)ccc2C)S(O)(O)c2ccccc21. The van der Waals surface area contributed by atoms with Gasteiger partial charge in [-0.2, -0.15) is 4.31 Å². The zero-order valence-electron chi connectivity index (χ0n) is 23.1. The lowest BCUT2D eigenvalue weighted by molar-refractivity contribution is -0.137. The van der Waals surface area contributed by atoms with Gasteiger partial charge < -0.3 is 14.7 Å². The normalized spacial score (nSPS) is 16.8. The minimum atomic E-state index is -3.25. The maximum Gasteiger partial charge on any atom is 0.304 e. The molecule has 1 unspecified atom stereocenters. The first-order chi connectivity index (χ1) is 19.1. The molecule has 3 N–H and O–H groups in total. The van der Waals surface area contributed by atoms with E-state index in [1.807, 2.05) is 55.5 Å². The van der Waals surface area contributed by atoms with E-state index < -0.39 is 22.7 Å². The van der Waals surface area contributed by atoms with Crippen molar-refractivity contribution >= 4 is 33.5 Å². The van der Waals surface area contributed by atoms with Crippen LogP contribution >= 0.6 is 10.8 Å². The molecule has 1 aliphatic rings. The van der Waals surface area contributed by atoms with E-state index in [0.29, 0.717) is 35.8 Å². The molecule has 0 saturated carbocycles. The number of aromatic nitrogens is 3. The molecule has 0 saturated heterocycles. The van der Waals surface area contributed by atoms with Crippen LogP contribution in [0.5, 0.6) is 5.75 Å². The Morgan fingerprint density at radius 3 is 2.60 bits per heavy atom. The monoisotopic (exact) mass is 565 g/mol. The van der Waals surface area contributed by atoms with Crippen molar-refractivity contribution in [1.82, 2.24) is 19.3 Å². The van der Waals surface area contributed by atoms with Gasteiger partial charge in [0.1, 0.15) is 16.8 Å². The smallest absolute Gasteiger partial charge is 0.304 e. The van der Waals surface area contributed by atoms with Crippen LogP contribution in [0.1, 0.15) is 41.5 Å². The second-order valence-electron chi connectivity index (χ2n) is 10.1. The van der Waals surface area contributed by atoms with Gasteiger partial charge >= 0.3 is 5.97 Å². The molecule has 1 atom stereocenters. The number of nitrogens with zero attached hydrogens (tertiary/aromatic N) is 5. The molecule has 11 heteroatoms. The first-order valence-corrected chi connectivity index (χ1v) is 14.7. The van der Waals surface area contributed by atoms with Crippen molar-refractivity contribution in [1.29, 1.82) is 0 Å². The predicted octanol–water partition coefficient (Wildman–Crippen LogP) is 5.26. The van der Waals surface area contributed by atoms with Gasteiger partial charge in [0.2, 0.25) is 0 Å². The molecule has 1 aromatic heterocycles. The molecule has 0 fully saturated rings. The molecule has 1 aliphatic heterocycles. The van der Waals surface area contributed by atoms with Crippen LogP contribution in [0.25, 0.3) is 11.0 Å². The molecule has 40 heavy (non-hydrogen) atoms. The third-order valence-corrected chi connectivity index (χ3v) is 9.64. The van der Waals surface area contributed by atoms with Crippen molar-refractivity contribution in [2.24, 2.45) is 7.05 Å². The number of anilines is 1. The van der Waals surface area contributed by atoms with Gasteiger partial charge in [0.05, 0.1) is 24.1 Å². The number of carboxylic acid groups (broad SMARTS) is 1. The van der Waals surface area contributed by atoms with Crippen LogP contribution in [0.3, 0.4) is 0 Å². The maximum absolute atomic E-state index is 12.0. The van der Waals surface area contributed by atoms with Crippen LogP contribution in [0, 0.1) is 6.92 Å². The molecular weight excluding hydrogens is 530 g/mol. The highest BCUT2D eigenvalue weighted by atomic mass is 32.3. The minimum Gasteiger partial charge on any atom is -0.494 e. The van der Waals surface area contributed by atoms with E-state index in [-0.39, 0.29) is 6.42 Å². The number of rotatable bonds is 8. The molecule has 0 bridgehead atoms. The summed E-state index contributed by atoms with van der Waals surface area (Å²) in [5, 5.41) is 18.2. The van der Waals surface area contributed by atoms with Crippen molar-refractivity contribution in [2.45, 2.75) is 37.6 Å². The zero-order valence-corrected chi connectivity index (χ0v) is 23.9. The second kappa shape index (κ2) is 11.1. The Labute approximate surface area is 235 Å². The first kappa shape index (κ1) is 27.9. The summed E-state index contributed by atoms with van der Waals surface area (Å²) in [5.41, 5.74) is 5.66. The molecule has 0 aliphatic carbocycles. The number of likely N-dealkylation sites (N-methyl/N-ethyl adjacent to an activating group) is 1. The zero-order chi connectivity index (χ0) is 28.6. The molecule has 5 rings (SSSR count). The number of benzene rings is 3. The van der Waals surface area contributed by atoms with Crippen LogP contribution in [0.2, 0.25) is 0 Å². The Morgan fingerprint density at radius 1 is 1.10 bits per heavy atom. The lowest BCUT2D eigenvalue weighted by atomic mass is 9.86. The fourth-order valence-corrected chi connectivity index (χ4v) is 7.14. The van der Waals surface area contributed by atoms with E-state index in [9.17, 15) is 19.0 Å². The van der Waals surface area contributed by atoms with Gasteiger partial charge in [-0.1, -0.05) is 35.5 Å². The standard InChI is InChI=1S/C29H35N5O5S/c1-5-33-12-13-34(40(37,38)27-9-7-6-8-25(27)33)18-22-14-20(11-10-19(22)2)23(17-28(35)36)21-15-24-29(26(16-21)39-4)32(3)31-30-24/h6-11,14-16,23,37-38H,5,12-13,17-18H2,1-4H3,(H,35,36). The van der Waals surface area contributed by atoms with Crippen LogP contribution < -0.4 is 9.64 Å². The molecule has 0 spiro atoms. The summed E-state index contributed by atoms with van der Waals surface area (Å²) in [7, 11) is 0.101. The van der Waals surface area contributed by atoms with Crippen LogP contribution in [-0.2, 0) is 18.4 Å². The number of aryl methyl sites for hydroxylation is 2. The number of ether oxygens (including phenoxy) is 1. The van der Waals surface area contributed by atoms with Gasteiger partial charge in [-0.05, 0) is 60.4 Å². The third-order valence-electron chi connectivity index (χ3n) is 7.67. The largest absolute Gasteiger partial charge is 0.494 e. The summed E-state index contributed by atoms with van der Waals surface area (Å²) in [6.07, 6.45) is -0.130. The van der Waals surface area contributed by atoms with Crippen molar-refractivity contribution in [3.05, 3.63) is 76.9 Å². The summed E-state index contributed by atoms with van der Waals surface area (Å²) in [5.74, 6) is -0.832. The van der Waals surface area contributed by atoms with Gasteiger partial charge in [0, 0.05) is 39.1 Å². The molecule has 4 aromatic rings. The summed E-state index contributed by atoms with van der Waals surface area (Å²) in [6, 6.07) is 17.1. The Kier molecular flexibility index (Phi) is 7.74. The average Bonchev–Trinajstić information content (AvgIpc) is 3.27. The Hall–Kier alpha value is -3.64. The highest BCUT2D eigenvalue weighted by Crippen LogP contribution is 2.57. The van der Waals surface area contributed by atoms with Crippen molar-refractivity contribution in [3.63, 3.8) is 0 Å². The molecule has 3 aromatic carbocycles. The number of carbonyl (C=O) groups is 1. The van der Waals surface area contributed by atoms with Crippen LogP contribution in [0.15, 0.2) is 59.5 Å². The number of methoxy groups -OCH3 is 1. The van der Waals surface area contributed by atoms with Crippen LogP contribution in [0.4, 0.5) is 5.69 Å². The number of aliphatic carboxylic acids is 1. The van der Waals surface area contributed by atoms with Crippen molar-refractivity contribution < 1.29 is 23.7 Å². The lowest BCUT2D eigenvalue weighted by Crippen LogP contribution is -2.32.